The number of carbonyl (C=O) groups excluding carboxylic acids is 1. The van der Waals surface area contributed by atoms with Crippen molar-refractivity contribution in [2.24, 2.45) is 11.8 Å². The van der Waals surface area contributed by atoms with Crippen LogP contribution < -0.4 is 5.32 Å². The van der Waals surface area contributed by atoms with Crippen molar-refractivity contribution in [2.75, 3.05) is 6.61 Å². The number of fused-ring (bicyclic) bond motifs is 1. The number of aliphatic hydroxyl groups excluding tert-OH is 1. The van der Waals surface area contributed by atoms with Crippen LogP contribution in [0.15, 0.2) is 25.3 Å². The molecule has 2 aliphatic rings. The number of rotatable bonds is 13. The van der Waals surface area contributed by atoms with Crippen LogP contribution in [0.2, 0.25) is 0 Å². The number of nitrogens with one attached hydrogen (secondary N) is 1. The molecule has 2 rings (SSSR count). The summed E-state index contributed by atoms with van der Waals surface area (Å²) in [5.41, 5.74) is -1.28. The molecule has 0 aromatic rings. The smallest absolute Gasteiger partial charge is 0.226 e. The van der Waals surface area contributed by atoms with Gasteiger partial charge in [0, 0.05) is 5.92 Å². The zero-order valence-electron chi connectivity index (χ0n) is 16.6. The molecule has 5 atom stereocenters. The van der Waals surface area contributed by atoms with E-state index < -0.39 is 17.2 Å². The summed E-state index contributed by atoms with van der Waals surface area (Å²) in [6.07, 6.45) is 12.4. The highest BCUT2D eigenvalue weighted by molar-refractivity contribution is 5.85. The fraction of sp³-hybridized carbons (Fsp3) is 0.773. The van der Waals surface area contributed by atoms with E-state index in [1.165, 1.54) is 12.8 Å². The van der Waals surface area contributed by atoms with Crippen molar-refractivity contribution in [3.8, 4) is 0 Å². The molecule has 0 aromatic carbocycles. The minimum atomic E-state index is -0.670. The van der Waals surface area contributed by atoms with Crippen LogP contribution in [0, 0.1) is 11.8 Å². The van der Waals surface area contributed by atoms with Gasteiger partial charge in [-0.05, 0) is 32.6 Å². The minimum Gasteiger partial charge on any atom is -0.390 e. The average molecular weight is 364 g/mol. The maximum absolute atomic E-state index is 12.7. The molecule has 2 fully saturated rings. The van der Waals surface area contributed by atoms with Crippen LogP contribution in [-0.2, 0) is 9.53 Å². The molecule has 4 nitrogen and oxygen atoms in total. The molecule has 2 saturated heterocycles. The third-order valence-electron chi connectivity index (χ3n) is 6.57. The van der Waals surface area contributed by atoms with E-state index in [1.807, 2.05) is 19.1 Å². The van der Waals surface area contributed by atoms with Crippen molar-refractivity contribution in [3.05, 3.63) is 25.3 Å². The predicted octanol–water partition coefficient (Wildman–Crippen LogP) is 4.14. The van der Waals surface area contributed by atoms with E-state index in [-0.39, 0.29) is 17.7 Å². The van der Waals surface area contributed by atoms with E-state index >= 15 is 0 Å². The van der Waals surface area contributed by atoms with Gasteiger partial charge in [0.1, 0.15) is 11.1 Å². The quantitative estimate of drug-likeness (QED) is 0.382. The van der Waals surface area contributed by atoms with E-state index in [4.69, 9.17) is 4.74 Å². The van der Waals surface area contributed by atoms with Crippen molar-refractivity contribution in [1.82, 2.24) is 5.32 Å². The Balaban J connectivity index is 2.03. The summed E-state index contributed by atoms with van der Waals surface area (Å²) in [5, 5.41) is 14.3. The summed E-state index contributed by atoms with van der Waals surface area (Å²) >= 11 is 0. The number of ether oxygens (including phenoxy) is 1. The number of hydrogen-bond acceptors (Lipinski definition) is 3. The molecule has 0 aliphatic carbocycles. The SMILES string of the molecule is C=CCCCCC(C=C)C(O)[C@]12CO[C@@]1(C)C(CCCCCC)C(=O)N2. The molecule has 148 valence electrons. The van der Waals surface area contributed by atoms with Crippen molar-refractivity contribution in [1.29, 1.82) is 0 Å². The van der Waals surface area contributed by atoms with Gasteiger partial charge in [0.2, 0.25) is 5.91 Å². The lowest BCUT2D eigenvalue weighted by Crippen LogP contribution is -2.76. The highest BCUT2D eigenvalue weighted by Crippen LogP contribution is 2.52. The second-order valence-corrected chi connectivity index (χ2v) is 8.18. The van der Waals surface area contributed by atoms with E-state index in [9.17, 15) is 9.90 Å². The van der Waals surface area contributed by atoms with Gasteiger partial charge in [-0.25, -0.2) is 0 Å². The van der Waals surface area contributed by atoms with Gasteiger partial charge in [-0.3, -0.25) is 4.79 Å². The molecule has 3 unspecified atom stereocenters. The zero-order chi connectivity index (χ0) is 19.2. The Morgan fingerprint density at radius 3 is 2.65 bits per heavy atom. The Morgan fingerprint density at radius 2 is 2.08 bits per heavy atom. The Morgan fingerprint density at radius 1 is 1.31 bits per heavy atom. The van der Waals surface area contributed by atoms with E-state index in [0.29, 0.717) is 6.61 Å². The molecule has 1 amide bonds. The van der Waals surface area contributed by atoms with Crippen LogP contribution in [0.5, 0.6) is 0 Å². The normalized spacial score (nSPS) is 32.3. The zero-order valence-corrected chi connectivity index (χ0v) is 16.6. The van der Waals surface area contributed by atoms with Crippen molar-refractivity contribution < 1.29 is 14.6 Å². The molecule has 2 aliphatic heterocycles. The number of carbonyl (C=O) groups is 1. The molecule has 0 radical (unpaired) electrons. The summed E-state index contributed by atoms with van der Waals surface area (Å²) in [6.45, 7) is 12.3. The monoisotopic (exact) mass is 363 g/mol. The lowest BCUT2D eigenvalue weighted by molar-refractivity contribution is -0.254. The largest absolute Gasteiger partial charge is 0.390 e. The minimum absolute atomic E-state index is 0.0371. The van der Waals surface area contributed by atoms with Crippen molar-refractivity contribution in [2.45, 2.75) is 88.9 Å². The van der Waals surface area contributed by atoms with Crippen molar-refractivity contribution >= 4 is 5.91 Å². The lowest BCUT2D eigenvalue weighted by Gasteiger charge is -2.57. The van der Waals surface area contributed by atoms with Gasteiger partial charge in [0.05, 0.1) is 18.6 Å². The van der Waals surface area contributed by atoms with Crippen molar-refractivity contribution in [3.63, 3.8) is 0 Å². The van der Waals surface area contributed by atoms with E-state index in [1.54, 1.807) is 0 Å². The summed E-state index contributed by atoms with van der Waals surface area (Å²) in [5.74, 6) is -0.175. The number of aliphatic hydroxyl groups is 1. The first-order chi connectivity index (χ1) is 12.5. The second kappa shape index (κ2) is 9.18. The van der Waals surface area contributed by atoms with E-state index in [2.05, 4.69) is 25.4 Å². The van der Waals surface area contributed by atoms with Crippen LogP contribution in [0.25, 0.3) is 0 Å². The topological polar surface area (TPSA) is 58.6 Å². The van der Waals surface area contributed by atoms with Gasteiger partial charge >= 0.3 is 0 Å². The molecule has 26 heavy (non-hydrogen) atoms. The maximum atomic E-state index is 12.7. The van der Waals surface area contributed by atoms with Gasteiger partial charge in [-0.2, -0.15) is 0 Å². The summed E-state index contributed by atoms with van der Waals surface area (Å²) in [7, 11) is 0. The first kappa shape index (κ1) is 21.2. The summed E-state index contributed by atoms with van der Waals surface area (Å²) in [6, 6.07) is 0. The van der Waals surface area contributed by atoms with Crippen LogP contribution >= 0.6 is 0 Å². The Bertz CT molecular complexity index is 506. The first-order valence-electron chi connectivity index (χ1n) is 10.3. The predicted molar refractivity (Wildman–Crippen MR) is 106 cm³/mol. The molecule has 0 aromatic heterocycles. The fourth-order valence-corrected chi connectivity index (χ4v) is 4.66. The molecule has 4 heteroatoms. The van der Waals surface area contributed by atoms with Crippen LogP contribution in [0.1, 0.15) is 71.6 Å². The summed E-state index contributed by atoms with van der Waals surface area (Å²) < 4.78 is 5.95. The molecular formula is C22H37NO3. The van der Waals surface area contributed by atoms with Gasteiger partial charge in [-0.15, -0.1) is 13.2 Å². The average Bonchev–Trinajstić information content (AvgIpc) is 2.77. The van der Waals surface area contributed by atoms with E-state index in [0.717, 1.165) is 44.9 Å². The fourth-order valence-electron chi connectivity index (χ4n) is 4.66. The Hall–Kier alpha value is -1.13. The highest BCUT2D eigenvalue weighted by Gasteiger charge is 2.72. The molecule has 0 saturated carbocycles. The number of allylic oxidation sites excluding steroid dienone is 1. The van der Waals surface area contributed by atoms with Gasteiger partial charge in [0.15, 0.2) is 0 Å². The van der Waals surface area contributed by atoms with Crippen LogP contribution in [-0.4, -0.2) is 34.9 Å². The number of hydrogen-bond donors (Lipinski definition) is 2. The molecule has 2 heterocycles. The summed E-state index contributed by atoms with van der Waals surface area (Å²) in [4.78, 5) is 12.7. The molecule has 0 bridgehead atoms. The highest BCUT2D eigenvalue weighted by atomic mass is 16.5. The molecule has 2 N–H and O–H groups in total. The third kappa shape index (κ3) is 3.77. The number of amides is 1. The Labute approximate surface area is 159 Å². The van der Waals surface area contributed by atoms with Crippen LogP contribution in [0.3, 0.4) is 0 Å². The Kier molecular flexibility index (Phi) is 7.48. The van der Waals surface area contributed by atoms with Gasteiger partial charge < -0.3 is 15.2 Å². The van der Waals surface area contributed by atoms with Gasteiger partial charge in [-0.1, -0.05) is 51.2 Å². The second-order valence-electron chi connectivity index (χ2n) is 8.18. The molecule has 0 spiro atoms. The molecular weight excluding hydrogens is 326 g/mol. The van der Waals surface area contributed by atoms with Gasteiger partial charge in [0.25, 0.3) is 0 Å². The number of unbranched alkanes of at least 4 members (excludes halogenated alkanes) is 5. The lowest BCUT2D eigenvalue weighted by atomic mass is 9.65. The van der Waals surface area contributed by atoms with Crippen LogP contribution in [0.4, 0.5) is 0 Å². The maximum Gasteiger partial charge on any atom is 0.226 e. The third-order valence-corrected chi connectivity index (χ3v) is 6.57. The first-order valence-corrected chi connectivity index (χ1v) is 10.3. The standard InChI is InChI=1S/C22H37NO3/c1-5-8-10-12-14-17(7-3)19(24)22-16-26-21(22,4)18(20(25)23-22)15-13-11-9-6-2/h5,7,17-19,24H,1,3,6,8-16H2,2,4H3,(H,23,25)/t17?,18?,19?,21-,22+/m0/s1.